The number of benzene rings is 1. The summed E-state index contributed by atoms with van der Waals surface area (Å²) in [5, 5.41) is 13.0. The fourth-order valence-corrected chi connectivity index (χ4v) is 2.80. The summed E-state index contributed by atoms with van der Waals surface area (Å²) in [6.45, 7) is 1.59. The highest BCUT2D eigenvalue weighted by Crippen LogP contribution is 2.40. The predicted octanol–water partition coefficient (Wildman–Crippen LogP) is 3.09. The lowest BCUT2D eigenvalue weighted by Gasteiger charge is -2.30. The van der Waals surface area contributed by atoms with Crippen LogP contribution in [0, 0.1) is 0 Å². The monoisotopic (exact) mass is 375 g/mol. The van der Waals surface area contributed by atoms with Crippen LogP contribution in [0.5, 0.6) is 0 Å². The third kappa shape index (κ3) is 3.96. The van der Waals surface area contributed by atoms with E-state index in [0.717, 1.165) is 10.8 Å². The number of nitrogens with one attached hydrogen (secondary N) is 1. The van der Waals surface area contributed by atoms with Crippen LogP contribution in [0.15, 0.2) is 36.7 Å². The fourth-order valence-electron chi connectivity index (χ4n) is 2.50. The van der Waals surface area contributed by atoms with Gasteiger partial charge in [-0.3, -0.25) is 4.79 Å². The highest BCUT2D eigenvalue weighted by atomic mass is 35.5. The Labute approximate surface area is 147 Å². The van der Waals surface area contributed by atoms with Crippen molar-refractivity contribution in [1.29, 1.82) is 0 Å². The summed E-state index contributed by atoms with van der Waals surface area (Å²) in [4.78, 5) is 15.7. The van der Waals surface area contributed by atoms with Crippen LogP contribution in [0.3, 0.4) is 0 Å². The number of imidazole rings is 1. The van der Waals surface area contributed by atoms with Crippen molar-refractivity contribution < 1.29 is 23.1 Å². The number of amides is 1. The van der Waals surface area contributed by atoms with E-state index < -0.39 is 36.0 Å². The van der Waals surface area contributed by atoms with Crippen LogP contribution in [0.25, 0.3) is 0 Å². The molecule has 0 aliphatic carbocycles. The molecule has 2 unspecified atom stereocenters. The molecule has 9 heteroatoms. The van der Waals surface area contributed by atoms with E-state index in [4.69, 9.17) is 11.6 Å². The summed E-state index contributed by atoms with van der Waals surface area (Å²) in [5.74, 6) is -1.63. The van der Waals surface area contributed by atoms with E-state index in [1.165, 1.54) is 13.2 Å². The second-order valence-corrected chi connectivity index (χ2v) is 6.11. The van der Waals surface area contributed by atoms with Crippen molar-refractivity contribution >= 4 is 17.5 Å². The molecular formula is C16H17ClF3N3O2. The van der Waals surface area contributed by atoms with Gasteiger partial charge in [-0.15, -0.1) is 0 Å². The molecule has 5 nitrogen and oxygen atoms in total. The lowest BCUT2D eigenvalue weighted by atomic mass is 9.96. The minimum absolute atomic E-state index is 0.380. The quantitative estimate of drug-likeness (QED) is 0.844. The first-order chi connectivity index (χ1) is 11.6. The number of aryl methyl sites for hydroxylation is 1. The lowest BCUT2D eigenvalue weighted by molar-refractivity contribution is -0.271. The van der Waals surface area contributed by atoms with Gasteiger partial charge in [-0.05, 0) is 18.6 Å². The van der Waals surface area contributed by atoms with Crippen LogP contribution in [-0.2, 0) is 17.4 Å². The Balaban J connectivity index is 2.21. The van der Waals surface area contributed by atoms with Crippen molar-refractivity contribution in [3.63, 3.8) is 0 Å². The average Bonchev–Trinajstić information content (AvgIpc) is 2.92. The van der Waals surface area contributed by atoms with Gasteiger partial charge in [0.1, 0.15) is 0 Å². The smallest absolute Gasteiger partial charge is 0.374 e. The van der Waals surface area contributed by atoms with Crippen molar-refractivity contribution in [2.24, 2.45) is 7.05 Å². The first kappa shape index (κ1) is 19.3. The van der Waals surface area contributed by atoms with E-state index in [1.807, 2.05) is 0 Å². The Hall–Kier alpha value is -2.06. The number of carbonyl (C=O) groups is 1. The van der Waals surface area contributed by atoms with Crippen LogP contribution in [-0.4, -0.2) is 26.7 Å². The maximum absolute atomic E-state index is 13.4. The van der Waals surface area contributed by atoms with Gasteiger partial charge in [0.25, 0.3) is 0 Å². The highest BCUT2D eigenvalue weighted by Gasteiger charge is 2.58. The minimum atomic E-state index is -5.07. The van der Waals surface area contributed by atoms with Crippen molar-refractivity contribution in [2.45, 2.75) is 31.2 Å². The largest absolute Gasteiger partial charge is 0.425 e. The third-order valence-electron chi connectivity index (χ3n) is 3.83. The first-order valence-electron chi connectivity index (χ1n) is 7.37. The summed E-state index contributed by atoms with van der Waals surface area (Å²) < 4.78 is 41.3. The maximum atomic E-state index is 13.4. The number of hydrogen-bond donors (Lipinski definition) is 2. The molecule has 1 aromatic heterocycles. The van der Waals surface area contributed by atoms with E-state index in [1.54, 1.807) is 31.2 Å². The van der Waals surface area contributed by atoms with Gasteiger partial charge in [-0.1, -0.05) is 29.8 Å². The van der Waals surface area contributed by atoms with E-state index >= 15 is 0 Å². The molecule has 2 aromatic rings. The molecule has 1 aromatic carbocycles. The molecule has 0 saturated carbocycles. The van der Waals surface area contributed by atoms with E-state index in [0.29, 0.717) is 10.6 Å². The minimum Gasteiger partial charge on any atom is -0.374 e. The number of aliphatic hydroxyl groups is 1. The summed E-state index contributed by atoms with van der Waals surface area (Å²) in [6, 6.07) is 6.04. The SMILES string of the molecule is CC(NC(=O)CC(O)(c1nccn1C)C(F)(F)F)c1ccccc1Cl. The van der Waals surface area contributed by atoms with Crippen LogP contribution >= 0.6 is 11.6 Å². The van der Waals surface area contributed by atoms with Gasteiger partial charge in [-0.2, -0.15) is 13.2 Å². The Morgan fingerprint density at radius 2 is 2.04 bits per heavy atom. The molecule has 0 bridgehead atoms. The summed E-state index contributed by atoms with van der Waals surface area (Å²) >= 11 is 6.02. The summed E-state index contributed by atoms with van der Waals surface area (Å²) in [6.07, 6.45) is -3.90. The van der Waals surface area contributed by atoms with Crippen molar-refractivity contribution in [3.8, 4) is 0 Å². The molecule has 1 heterocycles. The Morgan fingerprint density at radius 1 is 1.40 bits per heavy atom. The Bertz CT molecular complexity index is 763. The van der Waals surface area contributed by atoms with Crippen LogP contribution in [0.4, 0.5) is 13.2 Å². The fraction of sp³-hybridized carbons (Fsp3) is 0.375. The molecule has 0 radical (unpaired) electrons. The number of rotatable bonds is 5. The summed E-state index contributed by atoms with van der Waals surface area (Å²) in [7, 11) is 1.31. The second kappa shape index (κ2) is 7.05. The number of hydrogen-bond acceptors (Lipinski definition) is 3. The molecule has 0 spiro atoms. The zero-order valence-corrected chi connectivity index (χ0v) is 14.3. The van der Waals surface area contributed by atoms with Gasteiger partial charge in [0.15, 0.2) is 5.82 Å². The molecule has 0 aliphatic rings. The van der Waals surface area contributed by atoms with Crippen LogP contribution < -0.4 is 5.32 Å². The number of alkyl halides is 3. The van der Waals surface area contributed by atoms with Gasteiger partial charge in [-0.25, -0.2) is 4.98 Å². The highest BCUT2D eigenvalue weighted by molar-refractivity contribution is 6.31. The van der Waals surface area contributed by atoms with Gasteiger partial charge < -0.3 is 15.0 Å². The third-order valence-corrected chi connectivity index (χ3v) is 4.17. The first-order valence-corrected chi connectivity index (χ1v) is 7.74. The zero-order chi connectivity index (χ0) is 18.8. The predicted molar refractivity (Wildman–Crippen MR) is 85.8 cm³/mol. The Morgan fingerprint density at radius 3 is 2.56 bits per heavy atom. The molecule has 2 N–H and O–H groups in total. The van der Waals surface area contributed by atoms with Gasteiger partial charge in [0.05, 0.1) is 12.5 Å². The second-order valence-electron chi connectivity index (χ2n) is 5.71. The molecule has 1 amide bonds. The topological polar surface area (TPSA) is 67.2 Å². The van der Waals surface area contributed by atoms with Crippen molar-refractivity contribution in [3.05, 3.63) is 53.1 Å². The van der Waals surface area contributed by atoms with Crippen molar-refractivity contribution in [1.82, 2.24) is 14.9 Å². The molecule has 2 rings (SSSR count). The van der Waals surface area contributed by atoms with Gasteiger partial charge in [0, 0.05) is 24.5 Å². The maximum Gasteiger partial charge on any atom is 0.425 e. The number of nitrogens with zero attached hydrogens (tertiary/aromatic N) is 2. The lowest BCUT2D eigenvalue weighted by Crippen LogP contribution is -2.48. The number of carbonyl (C=O) groups excluding carboxylic acids is 1. The average molecular weight is 376 g/mol. The van der Waals surface area contributed by atoms with Crippen LogP contribution in [0.1, 0.15) is 30.8 Å². The van der Waals surface area contributed by atoms with Gasteiger partial charge in [0.2, 0.25) is 11.5 Å². The van der Waals surface area contributed by atoms with E-state index in [9.17, 15) is 23.1 Å². The van der Waals surface area contributed by atoms with E-state index in [2.05, 4.69) is 10.3 Å². The number of halogens is 4. The molecule has 0 aliphatic heterocycles. The molecular weight excluding hydrogens is 359 g/mol. The molecule has 2 atom stereocenters. The summed E-state index contributed by atoms with van der Waals surface area (Å²) in [5.41, 5.74) is -2.83. The molecule has 136 valence electrons. The normalized spacial score (nSPS) is 15.5. The standard InChI is InChI=1S/C16H17ClF3N3O2/c1-10(11-5-3-4-6-12(11)17)22-13(24)9-15(25,16(18,19)20)14-21-7-8-23(14)2/h3-8,10,25H,9H2,1-2H3,(H,22,24). The van der Waals surface area contributed by atoms with Crippen molar-refractivity contribution in [2.75, 3.05) is 0 Å². The van der Waals surface area contributed by atoms with E-state index in [-0.39, 0.29) is 0 Å². The molecule has 0 fully saturated rings. The molecule has 25 heavy (non-hydrogen) atoms. The van der Waals surface area contributed by atoms with Crippen LogP contribution in [0.2, 0.25) is 5.02 Å². The Kier molecular flexibility index (Phi) is 5.43. The zero-order valence-electron chi connectivity index (χ0n) is 13.5. The van der Waals surface area contributed by atoms with Gasteiger partial charge >= 0.3 is 6.18 Å². The number of aromatic nitrogens is 2. The molecule has 0 saturated heterocycles.